The van der Waals surface area contributed by atoms with E-state index < -0.39 is 31.0 Å². The van der Waals surface area contributed by atoms with Crippen LogP contribution in [0.4, 0.5) is 13.2 Å². The van der Waals surface area contributed by atoms with Gasteiger partial charge in [0.1, 0.15) is 0 Å². The van der Waals surface area contributed by atoms with Gasteiger partial charge in [0, 0.05) is 18.8 Å². The van der Waals surface area contributed by atoms with E-state index in [-0.39, 0.29) is 0 Å². The number of hydrogen-bond acceptors (Lipinski definition) is 2. The molecule has 0 aliphatic carbocycles. The van der Waals surface area contributed by atoms with Gasteiger partial charge in [-0.2, -0.15) is 13.2 Å². The van der Waals surface area contributed by atoms with Crippen LogP contribution in [0, 0.1) is 6.92 Å². The van der Waals surface area contributed by atoms with Crippen molar-refractivity contribution in [2.75, 3.05) is 0 Å². The van der Waals surface area contributed by atoms with Crippen LogP contribution in [0.2, 0.25) is 0 Å². The van der Waals surface area contributed by atoms with Crippen LogP contribution in [-0.2, 0) is 4.79 Å². The lowest BCUT2D eigenvalue weighted by molar-refractivity contribution is -0.144. The van der Waals surface area contributed by atoms with Crippen LogP contribution in [-0.4, -0.2) is 17.1 Å². The van der Waals surface area contributed by atoms with E-state index in [0.717, 1.165) is 16.7 Å². The second kappa shape index (κ2) is 7.26. The van der Waals surface area contributed by atoms with Crippen LogP contribution >= 0.6 is 0 Å². The molecule has 0 aliphatic heterocycles. The van der Waals surface area contributed by atoms with Crippen molar-refractivity contribution in [1.82, 2.24) is 10.3 Å². The number of pyridine rings is 1. The van der Waals surface area contributed by atoms with Crippen molar-refractivity contribution in [1.29, 1.82) is 0 Å². The van der Waals surface area contributed by atoms with Gasteiger partial charge >= 0.3 is 6.18 Å². The molecular formula is C17H17F3N2O. The summed E-state index contributed by atoms with van der Waals surface area (Å²) < 4.78 is 36.8. The maximum Gasteiger partial charge on any atom is 0.389 e. The second-order valence-corrected chi connectivity index (χ2v) is 5.31. The molecule has 1 N–H and O–H groups in total. The molecule has 3 nitrogen and oxygen atoms in total. The molecule has 0 spiro atoms. The number of aryl methyl sites for hydroxylation is 1. The van der Waals surface area contributed by atoms with Crippen LogP contribution in [0.25, 0.3) is 0 Å². The van der Waals surface area contributed by atoms with Crippen molar-refractivity contribution in [2.24, 2.45) is 0 Å². The molecule has 0 bridgehead atoms. The summed E-state index contributed by atoms with van der Waals surface area (Å²) in [4.78, 5) is 15.8. The highest BCUT2D eigenvalue weighted by atomic mass is 19.4. The van der Waals surface area contributed by atoms with Gasteiger partial charge in [-0.05, 0) is 30.2 Å². The highest BCUT2D eigenvalue weighted by molar-refractivity contribution is 5.77. The monoisotopic (exact) mass is 322 g/mol. The molecule has 0 saturated heterocycles. The zero-order chi connectivity index (χ0) is 16.9. The van der Waals surface area contributed by atoms with Crippen LogP contribution in [0.15, 0.2) is 48.8 Å². The zero-order valence-electron chi connectivity index (χ0n) is 12.6. The van der Waals surface area contributed by atoms with Gasteiger partial charge in [-0.3, -0.25) is 9.78 Å². The van der Waals surface area contributed by atoms with Crippen LogP contribution in [0.1, 0.15) is 35.6 Å². The SMILES string of the molecule is Cc1ccc(C(NC(=O)CCC(F)(F)F)c2ccncc2)cc1. The summed E-state index contributed by atoms with van der Waals surface area (Å²) >= 11 is 0. The average molecular weight is 322 g/mol. The smallest absolute Gasteiger partial charge is 0.345 e. The predicted molar refractivity (Wildman–Crippen MR) is 80.7 cm³/mol. The highest BCUT2D eigenvalue weighted by Gasteiger charge is 2.28. The minimum absolute atomic E-state index is 0.501. The fraction of sp³-hybridized carbons (Fsp3) is 0.294. The third-order valence-corrected chi connectivity index (χ3v) is 3.39. The summed E-state index contributed by atoms with van der Waals surface area (Å²) in [5.41, 5.74) is 2.64. The largest absolute Gasteiger partial charge is 0.389 e. The highest BCUT2D eigenvalue weighted by Crippen LogP contribution is 2.24. The summed E-state index contributed by atoms with van der Waals surface area (Å²) in [6.07, 6.45) is -2.89. The first-order valence-corrected chi connectivity index (χ1v) is 7.18. The van der Waals surface area contributed by atoms with E-state index in [9.17, 15) is 18.0 Å². The molecular weight excluding hydrogens is 305 g/mol. The quantitative estimate of drug-likeness (QED) is 0.906. The topological polar surface area (TPSA) is 42.0 Å². The number of nitrogens with zero attached hydrogens (tertiary/aromatic N) is 1. The van der Waals surface area contributed by atoms with Crippen LogP contribution in [0.3, 0.4) is 0 Å². The number of hydrogen-bond donors (Lipinski definition) is 1. The number of rotatable bonds is 5. The Morgan fingerprint density at radius 2 is 1.65 bits per heavy atom. The number of amides is 1. The van der Waals surface area contributed by atoms with Gasteiger partial charge in [0.15, 0.2) is 0 Å². The third kappa shape index (κ3) is 5.39. The molecule has 6 heteroatoms. The van der Waals surface area contributed by atoms with Crippen LogP contribution < -0.4 is 5.32 Å². The maximum absolute atomic E-state index is 12.3. The zero-order valence-corrected chi connectivity index (χ0v) is 12.6. The Morgan fingerprint density at radius 3 is 2.22 bits per heavy atom. The number of carbonyl (C=O) groups excluding carboxylic acids is 1. The normalized spacial score (nSPS) is 12.7. The number of carbonyl (C=O) groups is 1. The summed E-state index contributed by atoms with van der Waals surface area (Å²) in [7, 11) is 0. The van der Waals surface area contributed by atoms with Crippen LogP contribution in [0.5, 0.6) is 0 Å². The lowest BCUT2D eigenvalue weighted by atomic mass is 9.98. The molecule has 23 heavy (non-hydrogen) atoms. The van der Waals surface area contributed by atoms with E-state index in [1.54, 1.807) is 24.5 Å². The molecule has 1 heterocycles. The van der Waals surface area contributed by atoms with Gasteiger partial charge in [0.25, 0.3) is 0 Å². The Balaban J connectivity index is 2.18. The number of benzene rings is 1. The lowest BCUT2D eigenvalue weighted by Crippen LogP contribution is -2.30. The fourth-order valence-electron chi connectivity index (χ4n) is 2.16. The summed E-state index contributed by atoms with van der Waals surface area (Å²) in [6.45, 7) is 1.94. The molecule has 1 aromatic heterocycles. The first-order chi connectivity index (χ1) is 10.8. The van der Waals surface area contributed by atoms with Crippen molar-refractivity contribution in [2.45, 2.75) is 32.0 Å². The van der Waals surface area contributed by atoms with Gasteiger partial charge in [0.2, 0.25) is 5.91 Å². The van der Waals surface area contributed by atoms with E-state index in [0.29, 0.717) is 0 Å². The molecule has 1 aromatic carbocycles. The van der Waals surface area contributed by atoms with E-state index in [2.05, 4.69) is 10.3 Å². The van der Waals surface area contributed by atoms with Gasteiger partial charge in [0.05, 0.1) is 12.5 Å². The molecule has 1 atom stereocenters. The first-order valence-electron chi connectivity index (χ1n) is 7.18. The second-order valence-electron chi connectivity index (χ2n) is 5.31. The van der Waals surface area contributed by atoms with Gasteiger partial charge in [-0.15, -0.1) is 0 Å². The van der Waals surface area contributed by atoms with Crippen molar-refractivity contribution in [3.05, 3.63) is 65.5 Å². The Hall–Kier alpha value is -2.37. The molecule has 122 valence electrons. The predicted octanol–water partition coefficient (Wildman–Crippen LogP) is 3.94. The molecule has 1 unspecified atom stereocenters. The lowest BCUT2D eigenvalue weighted by Gasteiger charge is -2.20. The van der Waals surface area contributed by atoms with E-state index >= 15 is 0 Å². The summed E-state index contributed by atoms with van der Waals surface area (Å²) in [5, 5.41) is 2.67. The van der Waals surface area contributed by atoms with Gasteiger partial charge in [-0.25, -0.2) is 0 Å². The van der Waals surface area contributed by atoms with Crippen molar-refractivity contribution in [3.63, 3.8) is 0 Å². The van der Waals surface area contributed by atoms with E-state index in [1.165, 1.54) is 0 Å². The molecule has 0 saturated carbocycles. The van der Waals surface area contributed by atoms with E-state index in [1.807, 2.05) is 31.2 Å². The minimum atomic E-state index is -4.34. The Labute approximate surface area is 132 Å². The first kappa shape index (κ1) is 17.0. The molecule has 2 rings (SSSR count). The standard InChI is InChI=1S/C17H17F3N2O/c1-12-2-4-13(5-3-12)16(14-7-10-21-11-8-14)22-15(23)6-9-17(18,19)20/h2-5,7-8,10-11,16H,6,9H2,1H3,(H,22,23). The number of nitrogens with one attached hydrogen (secondary N) is 1. The number of halogens is 3. The minimum Gasteiger partial charge on any atom is -0.345 e. The van der Waals surface area contributed by atoms with Crippen molar-refractivity contribution < 1.29 is 18.0 Å². The summed E-state index contributed by atoms with van der Waals surface area (Å²) in [5.74, 6) is -0.635. The Morgan fingerprint density at radius 1 is 1.09 bits per heavy atom. The Kier molecular flexibility index (Phi) is 5.36. The maximum atomic E-state index is 12.3. The summed E-state index contributed by atoms with van der Waals surface area (Å²) in [6, 6.07) is 10.5. The molecule has 1 amide bonds. The third-order valence-electron chi connectivity index (χ3n) is 3.39. The Bertz CT molecular complexity index is 639. The average Bonchev–Trinajstić information content (AvgIpc) is 2.52. The fourth-order valence-corrected chi connectivity index (χ4v) is 2.16. The molecule has 0 aliphatic rings. The van der Waals surface area contributed by atoms with Gasteiger partial charge < -0.3 is 5.32 Å². The van der Waals surface area contributed by atoms with E-state index in [4.69, 9.17) is 0 Å². The van der Waals surface area contributed by atoms with Gasteiger partial charge in [-0.1, -0.05) is 29.8 Å². The number of alkyl halides is 3. The molecule has 2 aromatic rings. The molecule has 0 radical (unpaired) electrons. The van der Waals surface area contributed by atoms with Crippen molar-refractivity contribution in [3.8, 4) is 0 Å². The molecule has 0 fully saturated rings. The number of aromatic nitrogens is 1. The van der Waals surface area contributed by atoms with Crippen molar-refractivity contribution >= 4 is 5.91 Å².